The van der Waals surface area contributed by atoms with Crippen molar-refractivity contribution in [1.29, 1.82) is 0 Å². The van der Waals surface area contributed by atoms with Crippen LogP contribution >= 0.6 is 69.6 Å². The van der Waals surface area contributed by atoms with Gasteiger partial charge in [-0.15, -0.1) is 0 Å². The maximum Gasteiger partial charge on any atom is 2.00 e. The van der Waals surface area contributed by atoms with Gasteiger partial charge in [-0.25, -0.2) is 9.97 Å². The second-order valence-corrected chi connectivity index (χ2v) is 21.6. The molecule has 0 fully saturated rings. The molecule has 17 heteroatoms. The van der Waals surface area contributed by atoms with Crippen molar-refractivity contribution in [1.82, 2.24) is 39.9 Å². The molecule has 0 atom stereocenters. The minimum atomic E-state index is -0.316. The zero-order valence-corrected chi connectivity index (χ0v) is 47.0. The Bertz CT molecular complexity index is 3940. The van der Waals surface area contributed by atoms with E-state index in [4.69, 9.17) is 119 Å². The van der Waals surface area contributed by atoms with E-state index in [-0.39, 0.29) is 117 Å². The summed E-state index contributed by atoms with van der Waals surface area (Å²) >= 11 is 44.2. The van der Waals surface area contributed by atoms with E-state index in [1.165, 1.54) is 0 Å². The fourth-order valence-corrected chi connectivity index (χ4v) is 10.5. The number of rotatable bonds is 4. The molecule has 0 amide bonds. The van der Waals surface area contributed by atoms with E-state index in [0.29, 0.717) is 45.4 Å². The summed E-state index contributed by atoms with van der Waals surface area (Å²) in [7, 11) is 0. The Morgan fingerprint density at radius 2 is 0.817 bits per heavy atom. The SMILES string of the molecule is Cc1ccc(Oc2c(Cl)c(Cl)c3c(c2Cl)-c2nc-3nc3[n-]c(nc4nc(nc5[n-]c(n2)c2c(Cl)c(Oc6ccc(C)cc6C(C)(C)C)c(Cl)c(Cl)c52)-c2ccccc2-4)c2ccccc32)c(C(C)(C)C)c1.[Zn+2]. The van der Waals surface area contributed by atoms with E-state index in [0.717, 1.165) is 33.2 Å². The predicted octanol–water partition coefficient (Wildman–Crippen LogP) is 16.8. The van der Waals surface area contributed by atoms with Crippen molar-refractivity contribution in [3.63, 3.8) is 0 Å². The number of nitrogens with zero attached hydrogens (tertiary/aromatic N) is 8. The number of fused-ring (bicyclic) bond motifs is 20. The summed E-state index contributed by atoms with van der Waals surface area (Å²) < 4.78 is 13.4. The molecule has 0 radical (unpaired) electrons. The van der Waals surface area contributed by atoms with Crippen LogP contribution in [0.15, 0.2) is 84.9 Å². The Balaban J connectivity index is 0.00000582. The number of benzene rings is 6. The summed E-state index contributed by atoms with van der Waals surface area (Å²) in [5, 5.41) is 2.33. The minimum Gasteiger partial charge on any atom is -0.454 e. The molecule has 0 N–H and O–H groups in total. The summed E-state index contributed by atoms with van der Waals surface area (Å²) in [4.78, 5) is 40.3. The summed E-state index contributed by atoms with van der Waals surface area (Å²) in [6.45, 7) is 16.6. The molecule has 11 rings (SSSR count). The van der Waals surface area contributed by atoms with Crippen LogP contribution in [0.2, 0.25) is 30.1 Å². The first kappa shape index (κ1) is 49.2. The molecule has 0 saturated carbocycles. The molecule has 6 aromatic carbocycles. The fraction of sp³-hybridized carbons (Fsp3) is 0.185. The van der Waals surface area contributed by atoms with Crippen LogP contribution in [0, 0.1) is 13.8 Å². The molecule has 8 bridgehead atoms. The van der Waals surface area contributed by atoms with E-state index in [9.17, 15) is 0 Å². The van der Waals surface area contributed by atoms with Crippen LogP contribution in [-0.4, -0.2) is 29.9 Å². The van der Waals surface area contributed by atoms with Gasteiger partial charge in [-0.1, -0.05) is 195 Å². The molecule has 5 heterocycles. The van der Waals surface area contributed by atoms with Gasteiger partial charge in [-0.3, -0.25) is 0 Å². The van der Waals surface area contributed by atoms with E-state index < -0.39 is 0 Å². The van der Waals surface area contributed by atoms with Crippen LogP contribution < -0.4 is 19.4 Å². The average Bonchev–Trinajstić information content (AvgIpc) is 4.06. The average molecular weight is 1110 g/mol. The first-order chi connectivity index (χ1) is 33.3. The van der Waals surface area contributed by atoms with Crippen LogP contribution in [0.1, 0.15) is 63.8 Å². The molecule has 0 spiro atoms. The summed E-state index contributed by atoms with van der Waals surface area (Å²) in [6, 6.07) is 27.1. The van der Waals surface area contributed by atoms with Gasteiger partial charge in [-0.05, 0) is 47.6 Å². The number of hydrogen-bond donors (Lipinski definition) is 0. The van der Waals surface area contributed by atoms with Gasteiger partial charge in [-0.2, -0.15) is 0 Å². The van der Waals surface area contributed by atoms with Gasteiger partial charge in [0.25, 0.3) is 0 Å². The summed E-state index contributed by atoms with van der Waals surface area (Å²) in [6.07, 6.45) is 0. The van der Waals surface area contributed by atoms with Gasteiger partial charge in [0.15, 0.2) is 11.5 Å². The monoisotopic (exact) mass is 1100 g/mol. The van der Waals surface area contributed by atoms with Crippen molar-refractivity contribution < 1.29 is 29.0 Å². The Labute approximate surface area is 451 Å². The molecule has 2 aliphatic rings. The molecular formula is C54H38Cl6N8O2Zn. The number of halogens is 6. The second-order valence-electron chi connectivity index (χ2n) is 19.3. The Morgan fingerprint density at radius 1 is 0.423 bits per heavy atom. The van der Waals surface area contributed by atoms with Crippen LogP contribution in [-0.2, 0) is 30.3 Å². The molecule has 71 heavy (non-hydrogen) atoms. The largest absolute Gasteiger partial charge is 2.00 e. The van der Waals surface area contributed by atoms with Gasteiger partial charge < -0.3 is 39.4 Å². The summed E-state index contributed by atoms with van der Waals surface area (Å²) in [5.74, 6) is 2.11. The van der Waals surface area contributed by atoms with Gasteiger partial charge in [0.1, 0.15) is 21.5 Å². The molecule has 2 aliphatic heterocycles. The standard InChI is InChI=1S/C54H38Cl6N8O2.Zn/c1-23-17-19-31(29(21-23)53(3,4)5)69-43-39(57)35-33(37(55)41(43)59)49-64-47-27-15-11-9-13-25(27)45(62-47)61-46-26-14-10-12-16-28(26)48(63-46)65-50-34-36(52(67-50)68-51(35)66-49)40(58)44(42(60)38(34)56)70-32-20-18-24(2)22-30(32)54(6,7)8;/h9-22H,1-8H3;/q-2;+2. The Hall–Kier alpha value is -5.36. The minimum absolute atomic E-state index is 0. The quantitative estimate of drug-likeness (QED) is 0.124. The number of aryl methyl sites for hydroxylation is 2. The van der Waals surface area contributed by atoms with E-state index >= 15 is 0 Å². The van der Waals surface area contributed by atoms with E-state index in [1.54, 1.807) is 0 Å². The van der Waals surface area contributed by atoms with E-state index in [2.05, 4.69) is 53.7 Å². The molecule has 0 unspecified atom stereocenters. The predicted molar refractivity (Wildman–Crippen MR) is 284 cm³/mol. The normalized spacial score (nSPS) is 12.3. The van der Waals surface area contributed by atoms with Crippen molar-refractivity contribution >= 4 is 114 Å². The van der Waals surface area contributed by atoms with Crippen molar-refractivity contribution in [3.05, 3.63) is 137 Å². The van der Waals surface area contributed by atoms with Crippen molar-refractivity contribution in [2.75, 3.05) is 0 Å². The first-order valence-electron chi connectivity index (χ1n) is 22.2. The third-order valence-electron chi connectivity index (χ3n) is 12.3. The zero-order chi connectivity index (χ0) is 49.3. The van der Waals surface area contributed by atoms with Gasteiger partial charge >= 0.3 is 19.5 Å². The third-order valence-corrected chi connectivity index (χ3v) is 14.7. The Morgan fingerprint density at radius 3 is 1.34 bits per heavy atom. The molecule has 0 saturated heterocycles. The van der Waals surface area contributed by atoms with Crippen LogP contribution in [0.5, 0.6) is 23.0 Å². The molecule has 3 aromatic heterocycles. The number of hydrogen-bond acceptors (Lipinski definition) is 8. The van der Waals surface area contributed by atoms with Crippen LogP contribution in [0.25, 0.3) is 89.7 Å². The van der Waals surface area contributed by atoms with Crippen molar-refractivity contribution in [3.8, 4) is 68.5 Å². The first-order valence-corrected chi connectivity index (χ1v) is 24.4. The smallest absolute Gasteiger partial charge is 0.454 e. The topological polar surface area (TPSA) is 124 Å². The molecular weight excluding hydrogens is 1070 g/mol. The zero-order valence-electron chi connectivity index (χ0n) is 39.5. The van der Waals surface area contributed by atoms with Crippen molar-refractivity contribution in [2.24, 2.45) is 0 Å². The number of aromatic nitrogens is 8. The van der Waals surface area contributed by atoms with Crippen LogP contribution in [0.3, 0.4) is 0 Å². The second kappa shape index (κ2) is 18.0. The molecule has 350 valence electrons. The fourth-order valence-electron chi connectivity index (χ4n) is 8.83. The molecule has 0 aliphatic carbocycles. The third kappa shape index (κ3) is 8.32. The van der Waals surface area contributed by atoms with Gasteiger partial charge in [0.05, 0.1) is 43.4 Å². The van der Waals surface area contributed by atoms with Gasteiger partial charge in [0, 0.05) is 66.7 Å². The number of ether oxygens (including phenoxy) is 2. The van der Waals surface area contributed by atoms with Crippen molar-refractivity contribution in [2.45, 2.75) is 66.2 Å². The Kier molecular flexibility index (Phi) is 12.5. The molecule has 9 aromatic rings. The maximum absolute atomic E-state index is 7.52. The van der Waals surface area contributed by atoms with Crippen LogP contribution in [0.4, 0.5) is 0 Å². The molecule has 10 nitrogen and oxygen atoms in total. The summed E-state index contributed by atoms with van der Waals surface area (Å²) in [5.41, 5.74) is 6.17. The van der Waals surface area contributed by atoms with Gasteiger partial charge in [0.2, 0.25) is 0 Å². The van der Waals surface area contributed by atoms with E-state index in [1.807, 2.05) is 86.6 Å². The maximum atomic E-state index is 7.52.